The van der Waals surface area contributed by atoms with Gasteiger partial charge < -0.3 is 0 Å². The Bertz CT molecular complexity index is 722. The van der Waals surface area contributed by atoms with Crippen LogP contribution in [0.15, 0.2) is 41.8 Å². The maximum Gasteiger partial charge on any atom is 0.246 e. The molecule has 0 radical (unpaired) electrons. The first-order chi connectivity index (χ1) is 10.6. The third kappa shape index (κ3) is 2.99. The fraction of sp³-hybridized carbons (Fsp3) is 0.188. The van der Waals surface area contributed by atoms with Crippen molar-refractivity contribution >= 4 is 57.0 Å². The summed E-state index contributed by atoms with van der Waals surface area (Å²) in [7, 11) is 0. The van der Waals surface area contributed by atoms with E-state index in [4.69, 9.17) is 12.2 Å². The Morgan fingerprint density at radius 3 is 2.64 bits per heavy atom. The number of benzene rings is 1. The Labute approximate surface area is 142 Å². The maximum absolute atomic E-state index is 12.6. The van der Waals surface area contributed by atoms with Crippen LogP contribution in [0.4, 0.5) is 5.69 Å². The van der Waals surface area contributed by atoms with Crippen LogP contribution in [-0.4, -0.2) is 21.3 Å². The van der Waals surface area contributed by atoms with Crippen LogP contribution in [0.5, 0.6) is 0 Å². The highest BCUT2D eigenvalue weighted by molar-refractivity contribution is 8.25. The minimum absolute atomic E-state index is 0.00518. The van der Waals surface area contributed by atoms with E-state index in [0.717, 1.165) is 11.3 Å². The van der Waals surface area contributed by atoms with Gasteiger partial charge in [0.25, 0.3) is 0 Å². The van der Waals surface area contributed by atoms with Gasteiger partial charge in [0.15, 0.2) is 5.78 Å². The molecule has 1 fully saturated rings. The highest BCUT2D eigenvalue weighted by atomic mass is 32.2. The molecule has 6 heteroatoms. The molecule has 2 heterocycles. The van der Waals surface area contributed by atoms with Crippen molar-refractivity contribution in [2.45, 2.75) is 18.6 Å². The highest BCUT2D eigenvalue weighted by Crippen LogP contribution is 2.34. The Balaban J connectivity index is 1.77. The topological polar surface area (TPSA) is 37.4 Å². The van der Waals surface area contributed by atoms with Gasteiger partial charge in [0.05, 0.1) is 15.8 Å². The second kappa shape index (κ2) is 6.32. The summed E-state index contributed by atoms with van der Waals surface area (Å²) in [6.07, 6.45) is 0.187. The summed E-state index contributed by atoms with van der Waals surface area (Å²) in [5, 5.41) is 1.43. The SMILES string of the molecule is Cc1ccc(N2C(=O)C(CC(=O)c3cccs3)SC2=S)cc1. The van der Waals surface area contributed by atoms with Crippen molar-refractivity contribution in [3.63, 3.8) is 0 Å². The first-order valence-electron chi connectivity index (χ1n) is 6.74. The predicted octanol–water partition coefficient (Wildman–Crippen LogP) is 4.06. The number of hydrogen-bond donors (Lipinski definition) is 0. The number of nitrogens with zero attached hydrogens (tertiary/aromatic N) is 1. The van der Waals surface area contributed by atoms with Gasteiger partial charge >= 0.3 is 0 Å². The lowest BCUT2D eigenvalue weighted by molar-refractivity contribution is -0.116. The zero-order valence-corrected chi connectivity index (χ0v) is 14.3. The van der Waals surface area contributed by atoms with Crippen LogP contribution in [0.25, 0.3) is 0 Å². The first kappa shape index (κ1) is 15.4. The van der Waals surface area contributed by atoms with Crippen molar-refractivity contribution in [1.29, 1.82) is 0 Å². The number of amides is 1. The summed E-state index contributed by atoms with van der Waals surface area (Å²) >= 11 is 8.02. The Kier molecular flexibility index (Phi) is 4.42. The van der Waals surface area contributed by atoms with Gasteiger partial charge in [-0.25, -0.2) is 0 Å². The Hall–Kier alpha value is -1.50. The fourth-order valence-electron chi connectivity index (χ4n) is 2.22. The van der Waals surface area contributed by atoms with E-state index in [9.17, 15) is 9.59 Å². The normalized spacial score (nSPS) is 18.0. The number of ketones is 1. The van der Waals surface area contributed by atoms with Crippen LogP contribution in [0.3, 0.4) is 0 Å². The summed E-state index contributed by atoms with van der Waals surface area (Å²) in [4.78, 5) is 27.0. The molecule has 0 saturated carbocycles. The molecule has 3 rings (SSSR count). The Morgan fingerprint density at radius 2 is 2.00 bits per heavy atom. The second-order valence-corrected chi connectivity index (χ2v) is 7.77. The molecule has 0 spiro atoms. The molecule has 1 aromatic carbocycles. The molecule has 0 N–H and O–H groups in total. The third-order valence-electron chi connectivity index (χ3n) is 3.38. The summed E-state index contributed by atoms with van der Waals surface area (Å²) in [5.41, 5.74) is 1.89. The predicted molar refractivity (Wildman–Crippen MR) is 95.9 cm³/mol. The monoisotopic (exact) mass is 347 g/mol. The van der Waals surface area contributed by atoms with Crippen molar-refractivity contribution in [2.24, 2.45) is 0 Å². The summed E-state index contributed by atoms with van der Waals surface area (Å²) in [6, 6.07) is 11.3. The number of carbonyl (C=O) groups excluding carboxylic acids is 2. The molecule has 2 aromatic rings. The van der Waals surface area contributed by atoms with Gasteiger partial charge in [-0.1, -0.05) is 47.7 Å². The number of hydrogen-bond acceptors (Lipinski definition) is 5. The molecule has 112 valence electrons. The number of thioether (sulfide) groups is 1. The van der Waals surface area contributed by atoms with Crippen molar-refractivity contribution in [2.75, 3.05) is 4.90 Å². The van der Waals surface area contributed by atoms with E-state index in [2.05, 4.69) is 0 Å². The molecular weight excluding hydrogens is 334 g/mol. The lowest BCUT2D eigenvalue weighted by Gasteiger charge is -2.15. The molecule has 1 saturated heterocycles. The first-order valence-corrected chi connectivity index (χ1v) is 8.91. The van der Waals surface area contributed by atoms with Crippen molar-refractivity contribution < 1.29 is 9.59 Å². The lowest BCUT2D eigenvalue weighted by Crippen LogP contribution is -2.32. The van der Waals surface area contributed by atoms with Crippen molar-refractivity contribution in [3.8, 4) is 0 Å². The number of rotatable bonds is 4. The molecular formula is C16H13NO2S3. The van der Waals surface area contributed by atoms with Gasteiger partial charge in [-0.05, 0) is 30.5 Å². The average Bonchev–Trinajstić information content (AvgIpc) is 3.10. The van der Waals surface area contributed by atoms with Crippen LogP contribution in [0.1, 0.15) is 21.7 Å². The molecule has 1 aliphatic rings. The molecule has 1 atom stereocenters. The van der Waals surface area contributed by atoms with Gasteiger partial charge in [0.2, 0.25) is 5.91 Å². The van der Waals surface area contributed by atoms with Gasteiger partial charge in [-0.3, -0.25) is 14.5 Å². The van der Waals surface area contributed by atoms with Gasteiger partial charge in [-0.2, -0.15) is 0 Å². The smallest absolute Gasteiger partial charge is 0.246 e. The summed E-state index contributed by atoms with van der Waals surface area (Å²) < 4.78 is 0.512. The van der Waals surface area contributed by atoms with E-state index in [0.29, 0.717) is 9.20 Å². The van der Waals surface area contributed by atoms with Crippen LogP contribution < -0.4 is 4.90 Å². The van der Waals surface area contributed by atoms with E-state index >= 15 is 0 Å². The van der Waals surface area contributed by atoms with Crippen LogP contribution in [-0.2, 0) is 4.79 Å². The van der Waals surface area contributed by atoms with Crippen molar-refractivity contribution in [1.82, 2.24) is 0 Å². The van der Waals surface area contributed by atoms with Crippen LogP contribution >= 0.6 is 35.3 Å². The van der Waals surface area contributed by atoms with E-state index < -0.39 is 5.25 Å². The van der Waals surface area contributed by atoms with E-state index in [1.165, 1.54) is 28.0 Å². The van der Waals surface area contributed by atoms with E-state index in [1.807, 2.05) is 42.6 Å². The lowest BCUT2D eigenvalue weighted by atomic mass is 10.1. The average molecular weight is 347 g/mol. The number of thiophene rings is 1. The highest BCUT2D eigenvalue weighted by Gasteiger charge is 2.39. The summed E-state index contributed by atoms with van der Waals surface area (Å²) in [5.74, 6) is -0.113. The molecule has 0 bridgehead atoms. The molecule has 1 amide bonds. The molecule has 22 heavy (non-hydrogen) atoms. The third-order valence-corrected chi connectivity index (χ3v) is 5.80. The van der Waals surface area contributed by atoms with E-state index in [1.54, 1.807) is 6.07 Å². The van der Waals surface area contributed by atoms with Crippen molar-refractivity contribution in [3.05, 3.63) is 52.2 Å². The number of thiocarbonyl (C=S) groups is 1. The molecule has 0 aliphatic carbocycles. The number of carbonyl (C=O) groups is 2. The Morgan fingerprint density at radius 1 is 1.27 bits per heavy atom. The van der Waals surface area contributed by atoms with Crippen LogP contribution in [0.2, 0.25) is 0 Å². The molecule has 1 unspecified atom stereocenters. The summed E-state index contributed by atoms with van der Waals surface area (Å²) in [6.45, 7) is 1.99. The molecule has 1 aliphatic heterocycles. The zero-order valence-electron chi connectivity index (χ0n) is 11.8. The van der Waals surface area contributed by atoms with Gasteiger partial charge in [0.1, 0.15) is 4.32 Å². The van der Waals surface area contributed by atoms with Gasteiger partial charge in [-0.15, -0.1) is 11.3 Å². The van der Waals surface area contributed by atoms with Gasteiger partial charge in [0, 0.05) is 6.42 Å². The number of anilines is 1. The standard InChI is InChI=1S/C16H13NO2S3/c1-10-4-6-11(7-5-10)17-15(19)14(22-16(17)20)9-12(18)13-3-2-8-21-13/h2-8,14H,9H2,1H3. The van der Waals surface area contributed by atoms with Crippen LogP contribution in [0, 0.1) is 6.92 Å². The quantitative estimate of drug-likeness (QED) is 0.617. The number of aryl methyl sites for hydroxylation is 1. The maximum atomic E-state index is 12.6. The second-order valence-electron chi connectivity index (χ2n) is 4.99. The molecule has 1 aromatic heterocycles. The molecule has 3 nitrogen and oxygen atoms in total. The minimum atomic E-state index is -0.427. The zero-order chi connectivity index (χ0) is 15.7. The largest absolute Gasteiger partial charge is 0.293 e. The number of Topliss-reactive ketones (excluding diaryl/α,β-unsaturated/α-hetero) is 1. The fourth-order valence-corrected chi connectivity index (χ4v) is 4.43. The minimum Gasteiger partial charge on any atom is -0.293 e. The van der Waals surface area contributed by atoms with E-state index in [-0.39, 0.29) is 18.1 Å².